The smallest absolute Gasteiger partial charge is 0.436 e. The van der Waals surface area contributed by atoms with Crippen LogP contribution in [-0.2, 0) is 23.6 Å². The molecule has 0 unspecified atom stereocenters. The number of rotatable bonds is 7. The zero-order chi connectivity index (χ0) is 24.5. The maximum atomic E-state index is 14.0. The number of ether oxygens (including phenoxy) is 2. The number of thiophene rings is 1. The van der Waals surface area contributed by atoms with Gasteiger partial charge in [-0.2, -0.15) is 5.10 Å². The average molecular weight is 504 g/mol. The highest BCUT2D eigenvalue weighted by Gasteiger charge is 2.32. The molecule has 0 spiro atoms. The molecule has 0 saturated carbocycles. The lowest BCUT2D eigenvalue weighted by atomic mass is 10.2. The van der Waals surface area contributed by atoms with E-state index in [9.17, 15) is 13.2 Å². The van der Waals surface area contributed by atoms with Gasteiger partial charge in [0.1, 0.15) is 11.4 Å². The number of aryl methyl sites for hydroxylation is 2. The Labute approximate surface area is 199 Å². The average Bonchev–Trinajstić information content (AvgIpc) is 3.45. The highest BCUT2D eigenvalue weighted by Crippen LogP contribution is 2.41. The normalized spacial score (nSPS) is 11.4. The van der Waals surface area contributed by atoms with Crippen LogP contribution in [0.5, 0.6) is 11.5 Å². The molecule has 4 aromatic rings. The van der Waals surface area contributed by atoms with Crippen molar-refractivity contribution in [3.8, 4) is 11.5 Å². The number of aromatic nitrogens is 3. The topological polar surface area (TPSA) is 136 Å². The lowest BCUT2D eigenvalue weighted by Gasteiger charge is -2.26. The zero-order valence-corrected chi connectivity index (χ0v) is 20.1. The van der Waals surface area contributed by atoms with Crippen molar-refractivity contribution in [2.75, 3.05) is 11.4 Å². The number of hydrogen-bond donors (Lipinski definition) is 2. The van der Waals surface area contributed by atoms with Gasteiger partial charge >= 0.3 is 6.09 Å². The van der Waals surface area contributed by atoms with Gasteiger partial charge in [-0.1, -0.05) is 6.07 Å². The first-order valence-electron chi connectivity index (χ1n) is 9.89. The summed E-state index contributed by atoms with van der Waals surface area (Å²) in [4.78, 5) is 16.9. The molecule has 13 heteroatoms. The second kappa shape index (κ2) is 9.29. The van der Waals surface area contributed by atoms with Gasteiger partial charge in [-0.15, -0.1) is 11.3 Å². The van der Waals surface area contributed by atoms with Gasteiger partial charge in [0.05, 0.1) is 35.8 Å². The second-order valence-corrected chi connectivity index (χ2v) is 10.0. The predicted molar refractivity (Wildman–Crippen MR) is 125 cm³/mol. The summed E-state index contributed by atoms with van der Waals surface area (Å²) in [5, 5.41) is 15.6. The van der Waals surface area contributed by atoms with Crippen LogP contribution in [0.15, 0.2) is 52.9 Å². The van der Waals surface area contributed by atoms with Gasteiger partial charge in [0.15, 0.2) is 11.4 Å². The lowest BCUT2D eigenvalue weighted by molar-refractivity contribution is 0.127. The van der Waals surface area contributed by atoms with E-state index < -0.39 is 16.1 Å². The molecule has 1 aromatic carbocycles. The molecule has 3 aromatic heterocycles. The number of fused-ring (bicyclic) bond motifs is 1. The molecule has 0 aliphatic rings. The molecule has 11 nitrogen and oxygen atoms in total. The third-order valence-electron chi connectivity index (χ3n) is 5.04. The minimum absolute atomic E-state index is 0.00826. The number of pyridine rings is 1. The van der Waals surface area contributed by atoms with Crippen molar-refractivity contribution in [3.05, 3.63) is 58.5 Å². The molecule has 0 bridgehead atoms. The summed E-state index contributed by atoms with van der Waals surface area (Å²) in [6.07, 6.45) is 0.0285. The molecule has 0 aliphatic carbocycles. The van der Waals surface area contributed by atoms with Crippen LogP contribution in [0.2, 0.25) is 0 Å². The van der Waals surface area contributed by atoms with Crippen LogP contribution in [0.1, 0.15) is 10.6 Å². The van der Waals surface area contributed by atoms with Crippen LogP contribution in [0.4, 0.5) is 10.5 Å². The van der Waals surface area contributed by atoms with Crippen LogP contribution < -0.4 is 19.3 Å². The molecule has 0 aliphatic heterocycles. The first kappa shape index (κ1) is 23.5. The van der Waals surface area contributed by atoms with E-state index in [4.69, 9.17) is 14.7 Å². The van der Waals surface area contributed by atoms with E-state index >= 15 is 0 Å². The summed E-state index contributed by atoms with van der Waals surface area (Å²) in [6, 6.07) is 9.58. The van der Waals surface area contributed by atoms with E-state index in [1.807, 2.05) is 11.4 Å². The maximum absolute atomic E-state index is 14.0. The van der Waals surface area contributed by atoms with Gasteiger partial charge < -0.3 is 9.47 Å². The van der Waals surface area contributed by atoms with Crippen LogP contribution >= 0.6 is 11.3 Å². The molecule has 34 heavy (non-hydrogen) atoms. The van der Waals surface area contributed by atoms with E-state index in [0.29, 0.717) is 22.5 Å². The number of methoxy groups -OCH3 is 1. The number of hydrogen-bond acceptors (Lipinski definition) is 9. The van der Waals surface area contributed by atoms with Gasteiger partial charge in [-0.3, -0.25) is 14.2 Å². The third kappa shape index (κ3) is 4.27. The number of benzene rings is 1. The molecule has 0 saturated heterocycles. The maximum Gasteiger partial charge on any atom is 0.436 e. The number of nitrogens with one attached hydrogen (secondary N) is 1. The molecule has 178 valence electrons. The molecule has 0 fully saturated rings. The van der Waals surface area contributed by atoms with Crippen molar-refractivity contribution in [2.24, 2.45) is 7.05 Å². The number of anilines is 1. The summed E-state index contributed by atoms with van der Waals surface area (Å²) in [5.41, 5.74) is 2.34. The van der Waals surface area contributed by atoms with E-state index in [2.05, 4.69) is 10.1 Å². The Kier molecular flexibility index (Phi) is 6.41. The Morgan fingerprint density at radius 3 is 2.62 bits per heavy atom. The molecule has 2 N–H and O–H groups in total. The SMILES string of the molecule is COc1ccc(S(=O)(=O)N(Cc2cccs2)c2c(OC(=O)NO)cnc3c2c(C)nn3C)cc1. The Bertz CT molecular complexity index is 1430. The Hall–Kier alpha value is -3.68. The second-order valence-electron chi connectivity index (χ2n) is 7.15. The van der Waals surface area contributed by atoms with E-state index in [1.54, 1.807) is 32.2 Å². The standard InChI is InChI=1S/C21H21N5O6S2/c1-13-18-19(17(32-21(27)24-28)11-22-20(18)25(2)23-13)26(12-15-5-4-10-33-15)34(29,30)16-8-6-14(31-3)7-9-16/h4-11,28H,12H2,1-3H3,(H,24,27). The summed E-state index contributed by atoms with van der Waals surface area (Å²) < 4.78 is 41.0. The van der Waals surface area contributed by atoms with Gasteiger partial charge in [-0.05, 0) is 42.6 Å². The van der Waals surface area contributed by atoms with Crippen molar-refractivity contribution in [1.29, 1.82) is 0 Å². The highest BCUT2D eigenvalue weighted by atomic mass is 32.2. The number of carbonyl (C=O) groups excluding carboxylic acids is 1. The lowest BCUT2D eigenvalue weighted by Crippen LogP contribution is -2.32. The Balaban J connectivity index is 1.99. The summed E-state index contributed by atoms with van der Waals surface area (Å²) >= 11 is 1.38. The van der Waals surface area contributed by atoms with Crippen molar-refractivity contribution < 1.29 is 27.9 Å². The number of nitrogens with zero attached hydrogens (tertiary/aromatic N) is 4. The minimum atomic E-state index is -4.17. The number of carbonyl (C=O) groups is 1. The largest absolute Gasteiger partial charge is 0.497 e. The molecule has 0 atom stereocenters. The van der Waals surface area contributed by atoms with E-state index in [0.717, 1.165) is 9.18 Å². The first-order chi connectivity index (χ1) is 16.3. The minimum Gasteiger partial charge on any atom is -0.497 e. The quantitative estimate of drug-likeness (QED) is 0.290. The van der Waals surface area contributed by atoms with Crippen LogP contribution in [0.25, 0.3) is 11.0 Å². The van der Waals surface area contributed by atoms with Gasteiger partial charge in [0.2, 0.25) is 0 Å². The van der Waals surface area contributed by atoms with Crippen LogP contribution in [0, 0.1) is 6.92 Å². The fraction of sp³-hybridized carbons (Fsp3) is 0.190. The van der Waals surface area contributed by atoms with Crippen LogP contribution in [0.3, 0.4) is 0 Å². The monoisotopic (exact) mass is 503 g/mol. The molecular weight excluding hydrogens is 482 g/mol. The van der Waals surface area contributed by atoms with Crippen molar-refractivity contribution in [1.82, 2.24) is 20.2 Å². The van der Waals surface area contributed by atoms with Gasteiger partial charge in [0, 0.05) is 11.9 Å². The molecule has 4 rings (SSSR count). The van der Waals surface area contributed by atoms with E-state index in [-0.39, 0.29) is 22.9 Å². The fourth-order valence-corrected chi connectivity index (χ4v) is 5.76. The molecular formula is C21H21N5O6S2. The first-order valence-corrected chi connectivity index (χ1v) is 12.2. The summed E-state index contributed by atoms with van der Waals surface area (Å²) in [5.74, 6) is 0.339. The predicted octanol–water partition coefficient (Wildman–Crippen LogP) is 3.22. The van der Waals surface area contributed by atoms with Crippen LogP contribution in [-0.4, -0.2) is 41.6 Å². The van der Waals surface area contributed by atoms with Gasteiger partial charge in [0.25, 0.3) is 10.0 Å². The van der Waals surface area contributed by atoms with Crippen molar-refractivity contribution in [2.45, 2.75) is 18.4 Å². The summed E-state index contributed by atoms with van der Waals surface area (Å²) in [6.45, 7) is 1.66. The van der Waals surface area contributed by atoms with Crippen molar-refractivity contribution in [3.63, 3.8) is 0 Å². The molecule has 0 radical (unpaired) electrons. The van der Waals surface area contributed by atoms with Gasteiger partial charge in [-0.25, -0.2) is 23.7 Å². The Morgan fingerprint density at radius 2 is 2.00 bits per heavy atom. The summed E-state index contributed by atoms with van der Waals surface area (Å²) in [7, 11) is -1.01. The fourth-order valence-electron chi connectivity index (χ4n) is 3.52. The number of hydroxylamine groups is 1. The highest BCUT2D eigenvalue weighted by molar-refractivity contribution is 7.92. The van der Waals surface area contributed by atoms with Crippen molar-refractivity contribution >= 4 is 44.2 Å². The third-order valence-corrected chi connectivity index (χ3v) is 7.66. The zero-order valence-electron chi connectivity index (χ0n) is 18.4. The molecule has 1 amide bonds. The Morgan fingerprint density at radius 1 is 1.26 bits per heavy atom. The van der Waals surface area contributed by atoms with E-state index in [1.165, 1.54) is 46.9 Å². The number of sulfonamides is 1. The number of amides is 1. The molecule has 3 heterocycles.